The molecule has 3 heterocycles. The maximum absolute atomic E-state index is 12.9. The monoisotopic (exact) mass is 438 g/mol. The van der Waals surface area contributed by atoms with Crippen LogP contribution in [0, 0.1) is 6.92 Å². The molecular formula is C19H17F3N4O3S. The Morgan fingerprint density at radius 1 is 1.17 bits per heavy atom. The average Bonchev–Trinajstić information content (AvgIpc) is 3.38. The number of aryl methyl sites for hydroxylation is 1. The molecule has 1 atom stereocenters. The third-order valence-electron chi connectivity index (χ3n) is 4.90. The van der Waals surface area contributed by atoms with Gasteiger partial charge in [0.05, 0.1) is 21.9 Å². The van der Waals surface area contributed by atoms with Crippen LogP contribution in [0.15, 0.2) is 51.9 Å². The molecule has 1 aliphatic rings. The van der Waals surface area contributed by atoms with Crippen LogP contribution in [0.1, 0.15) is 29.5 Å². The fraction of sp³-hybridized carbons (Fsp3) is 0.316. The molecule has 2 aromatic heterocycles. The maximum atomic E-state index is 12.9. The molecule has 0 bridgehead atoms. The first-order valence-electron chi connectivity index (χ1n) is 9.08. The Hall–Kier alpha value is -2.79. The highest BCUT2D eigenvalue weighted by atomic mass is 32.2. The van der Waals surface area contributed by atoms with Gasteiger partial charge in [-0.15, -0.1) is 10.2 Å². The van der Waals surface area contributed by atoms with E-state index in [0.29, 0.717) is 18.1 Å². The highest BCUT2D eigenvalue weighted by molar-refractivity contribution is 7.89. The second kappa shape index (κ2) is 7.47. The van der Waals surface area contributed by atoms with E-state index in [-0.39, 0.29) is 30.8 Å². The fourth-order valence-corrected chi connectivity index (χ4v) is 4.79. The van der Waals surface area contributed by atoms with Crippen LogP contribution >= 0.6 is 0 Å². The van der Waals surface area contributed by atoms with Crippen molar-refractivity contribution in [1.29, 1.82) is 0 Å². The topological polar surface area (TPSA) is 89.2 Å². The fourth-order valence-electron chi connectivity index (χ4n) is 3.24. The summed E-state index contributed by atoms with van der Waals surface area (Å²) in [6.07, 6.45) is -2.60. The van der Waals surface area contributed by atoms with E-state index >= 15 is 0 Å². The van der Waals surface area contributed by atoms with Gasteiger partial charge in [0.25, 0.3) is 0 Å². The van der Waals surface area contributed by atoms with Crippen molar-refractivity contribution in [3.63, 3.8) is 0 Å². The number of halogens is 3. The van der Waals surface area contributed by atoms with E-state index in [1.807, 2.05) is 6.92 Å². The second-order valence-corrected chi connectivity index (χ2v) is 8.95. The molecule has 7 nitrogen and oxygen atoms in total. The molecule has 1 aromatic carbocycles. The summed E-state index contributed by atoms with van der Waals surface area (Å²) in [5.41, 5.74) is 0.475. The highest BCUT2D eigenvalue weighted by Gasteiger charge is 2.37. The molecule has 0 saturated carbocycles. The van der Waals surface area contributed by atoms with Gasteiger partial charge in [0.15, 0.2) is 0 Å². The summed E-state index contributed by atoms with van der Waals surface area (Å²) in [5, 5.41) is 8.01. The van der Waals surface area contributed by atoms with Gasteiger partial charge < -0.3 is 4.42 Å². The number of hydrogen-bond acceptors (Lipinski definition) is 6. The molecule has 30 heavy (non-hydrogen) atoms. The Bertz CT molecular complexity index is 1160. The molecule has 0 amide bonds. The van der Waals surface area contributed by atoms with Crippen LogP contribution in [-0.4, -0.2) is 41.0 Å². The Labute approximate surface area is 170 Å². The zero-order valence-electron chi connectivity index (χ0n) is 15.8. The summed E-state index contributed by atoms with van der Waals surface area (Å²) in [6.45, 7) is 2.04. The third-order valence-corrected chi connectivity index (χ3v) is 6.76. The lowest BCUT2D eigenvalue weighted by Crippen LogP contribution is -2.29. The molecule has 0 aliphatic carbocycles. The van der Waals surface area contributed by atoms with Crippen LogP contribution in [0.2, 0.25) is 0 Å². The molecule has 0 spiro atoms. The summed E-state index contributed by atoms with van der Waals surface area (Å²) in [4.78, 5) is 3.78. The normalized spacial score (nSPS) is 18.1. The molecule has 158 valence electrons. The summed E-state index contributed by atoms with van der Waals surface area (Å²) in [7, 11) is -4.08. The largest absolute Gasteiger partial charge is 0.420 e. The SMILES string of the molecule is Cc1ccc(-c2nnc([C@@H]3CCN(S(=O)(=O)c4cccc(C(F)(F)F)c4)C3)o2)cn1. The van der Waals surface area contributed by atoms with Gasteiger partial charge in [0.1, 0.15) is 0 Å². The molecule has 11 heteroatoms. The highest BCUT2D eigenvalue weighted by Crippen LogP contribution is 2.34. The minimum absolute atomic E-state index is 0.0480. The maximum Gasteiger partial charge on any atom is 0.416 e. The van der Waals surface area contributed by atoms with Gasteiger partial charge in [-0.05, 0) is 43.7 Å². The summed E-state index contributed by atoms with van der Waals surface area (Å²) in [5.74, 6) is 0.217. The van der Waals surface area contributed by atoms with Crippen LogP contribution in [0.25, 0.3) is 11.5 Å². The van der Waals surface area contributed by atoms with Crippen LogP contribution in [0.4, 0.5) is 13.2 Å². The molecule has 1 aliphatic heterocycles. The number of hydrogen-bond donors (Lipinski definition) is 0. The number of aromatic nitrogens is 3. The number of sulfonamides is 1. The number of benzene rings is 1. The van der Waals surface area contributed by atoms with Crippen LogP contribution in [0.3, 0.4) is 0 Å². The van der Waals surface area contributed by atoms with Gasteiger partial charge in [-0.1, -0.05) is 6.07 Å². The van der Waals surface area contributed by atoms with Crippen molar-refractivity contribution >= 4 is 10.0 Å². The van der Waals surface area contributed by atoms with E-state index in [9.17, 15) is 21.6 Å². The average molecular weight is 438 g/mol. The lowest BCUT2D eigenvalue weighted by molar-refractivity contribution is -0.137. The van der Waals surface area contributed by atoms with E-state index in [1.54, 1.807) is 18.3 Å². The van der Waals surface area contributed by atoms with Gasteiger partial charge >= 0.3 is 6.18 Å². The van der Waals surface area contributed by atoms with Gasteiger partial charge in [-0.2, -0.15) is 17.5 Å². The standard InChI is InChI=1S/C19H17F3N4O3S/c1-12-5-6-13(10-23-12)17-24-25-18(29-17)14-7-8-26(11-14)30(27,28)16-4-2-3-15(9-16)19(20,21)22/h2-6,9-10,14H,7-8,11H2,1H3/t14-/m1/s1. The van der Waals surface area contributed by atoms with Crippen LogP contribution in [-0.2, 0) is 16.2 Å². The van der Waals surface area contributed by atoms with Gasteiger partial charge in [0, 0.05) is 25.0 Å². The van der Waals surface area contributed by atoms with Crippen molar-refractivity contribution in [2.75, 3.05) is 13.1 Å². The number of alkyl halides is 3. The molecule has 1 saturated heterocycles. The number of rotatable bonds is 4. The molecule has 0 radical (unpaired) electrons. The first kappa shape index (κ1) is 20.5. The summed E-state index contributed by atoms with van der Waals surface area (Å²) < 4.78 is 71.3. The third kappa shape index (κ3) is 3.94. The smallest absolute Gasteiger partial charge is 0.416 e. The minimum Gasteiger partial charge on any atom is -0.420 e. The molecular weight excluding hydrogens is 421 g/mol. The predicted octanol–water partition coefficient (Wildman–Crippen LogP) is 3.64. The lowest BCUT2D eigenvalue weighted by Gasteiger charge is -2.17. The summed E-state index contributed by atoms with van der Waals surface area (Å²) in [6, 6.07) is 7.33. The van der Waals surface area contributed by atoms with Crippen molar-refractivity contribution in [2.45, 2.75) is 30.3 Å². The van der Waals surface area contributed by atoms with Gasteiger partial charge in [0.2, 0.25) is 21.8 Å². The molecule has 3 aromatic rings. The van der Waals surface area contributed by atoms with Crippen molar-refractivity contribution in [3.8, 4) is 11.5 Å². The van der Waals surface area contributed by atoms with Crippen molar-refractivity contribution in [1.82, 2.24) is 19.5 Å². The van der Waals surface area contributed by atoms with Crippen molar-refractivity contribution in [3.05, 3.63) is 59.7 Å². The quantitative estimate of drug-likeness (QED) is 0.618. The molecule has 0 N–H and O–H groups in total. The Kier molecular flexibility index (Phi) is 5.10. The molecule has 1 fully saturated rings. The van der Waals surface area contributed by atoms with Crippen LogP contribution in [0.5, 0.6) is 0 Å². The van der Waals surface area contributed by atoms with E-state index < -0.39 is 26.7 Å². The second-order valence-electron chi connectivity index (χ2n) is 7.01. The van der Waals surface area contributed by atoms with Gasteiger partial charge in [-0.3, -0.25) is 4.98 Å². The van der Waals surface area contributed by atoms with E-state index in [2.05, 4.69) is 15.2 Å². The first-order valence-corrected chi connectivity index (χ1v) is 10.5. The summed E-state index contributed by atoms with van der Waals surface area (Å²) >= 11 is 0. The molecule has 4 rings (SSSR count). The first-order chi connectivity index (χ1) is 14.1. The van der Waals surface area contributed by atoms with Crippen LogP contribution < -0.4 is 0 Å². The Morgan fingerprint density at radius 2 is 1.97 bits per heavy atom. The Morgan fingerprint density at radius 3 is 2.67 bits per heavy atom. The van der Waals surface area contributed by atoms with Crippen molar-refractivity contribution in [2.24, 2.45) is 0 Å². The van der Waals surface area contributed by atoms with Crippen molar-refractivity contribution < 1.29 is 26.0 Å². The number of nitrogens with zero attached hydrogens (tertiary/aromatic N) is 4. The lowest BCUT2D eigenvalue weighted by atomic mass is 10.1. The zero-order valence-corrected chi connectivity index (χ0v) is 16.6. The minimum atomic E-state index is -4.62. The van der Waals surface area contributed by atoms with E-state index in [1.165, 1.54) is 0 Å². The van der Waals surface area contributed by atoms with Gasteiger partial charge in [-0.25, -0.2) is 8.42 Å². The Balaban J connectivity index is 1.53. The van der Waals surface area contributed by atoms with E-state index in [4.69, 9.17) is 4.42 Å². The zero-order chi connectivity index (χ0) is 21.5. The predicted molar refractivity (Wildman–Crippen MR) is 99.8 cm³/mol. The number of pyridine rings is 1. The molecule has 0 unspecified atom stereocenters. The van der Waals surface area contributed by atoms with E-state index in [0.717, 1.165) is 28.2 Å².